The maximum Gasteiger partial charge on any atom is 0.0261 e. The number of hydrogen-bond acceptors (Lipinski definition) is 1. The maximum absolute atomic E-state index is 2.42. The van der Waals surface area contributed by atoms with Crippen LogP contribution in [-0.4, -0.2) is 18.5 Å². The number of nitrogens with zero attached hydrogens (tertiary/aromatic N) is 1. The zero-order valence-corrected chi connectivity index (χ0v) is 8.38. The molecule has 68 valence electrons. The van der Waals surface area contributed by atoms with E-state index in [1.165, 1.54) is 19.4 Å². The lowest BCUT2D eigenvalue weighted by Crippen LogP contribution is -2.41. The minimum absolute atomic E-state index is 0.587. The molecule has 2 rings (SSSR count). The van der Waals surface area contributed by atoms with Gasteiger partial charge in [0.2, 0.25) is 0 Å². The van der Waals surface area contributed by atoms with Crippen LogP contribution in [0.1, 0.15) is 26.7 Å². The summed E-state index contributed by atoms with van der Waals surface area (Å²) in [5.41, 5.74) is 0.587. The van der Waals surface area contributed by atoms with Crippen LogP contribution in [0, 0.1) is 17.3 Å². The molecule has 12 heavy (non-hydrogen) atoms. The van der Waals surface area contributed by atoms with Crippen molar-refractivity contribution in [3.05, 3.63) is 12.3 Å². The molecular formula is C11H19N. The highest BCUT2D eigenvalue weighted by Gasteiger charge is 2.45. The van der Waals surface area contributed by atoms with Gasteiger partial charge in [0.25, 0.3) is 0 Å². The summed E-state index contributed by atoms with van der Waals surface area (Å²) >= 11 is 0. The summed E-state index contributed by atoms with van der Waals surface area (Å²) in [4.78, 5) is 2.32. The van der Waals surface area contributed by atoms with Crippen molar-refractivity contribution in [2.75, 3.05) is 13.6 Å². The van der Waals surface area contributed by atoms with E-state index in [2.05, 4.69) is 38.1 Å². The molecule has 1 fully saturated rings. The zero-order valence-electron chi connectivity index (χ0n) is 8.38. The van der Waals surface area contributed by atoms with Gasteiger partial charge in [-0.25, -0.2) is 0 Å². The van der Waals surface area contributed by atoms with Gasteiger partial charge in [0.15, 0.2) is 0 Å². The van der Waals surface area contributed by atoms with E-state index in [4.69, 9.17) is 0 Å². The highest BCUT2D eigenvalue weighted by molar-refractivity contribution is 5.13. The van der Waals surface area contributed by atoms with E-state index in [1.807, 2.05) is 0 Å². The summed E-state index contributed by atoms with van der Waals surface area (Å²) in [5, 5.41) is 0. The fourth-order valence-electron chi connectivity index (χ4n) is 2.61. The van der Waals surface area contributed by atoms with Crippen molar-refractivity contribution in [1.29, 1.82) is 0 Å². The lowest BCUT2D eigenvalue weighted by atomic mass is 9.59. The summed E-state index contributed by atoms with van der Waals surface area (Å²) in [7, 11) is 2.17. The van der Waals surface area contributed by atoms with Crippen molar-refractivity contribution in [2.24, 2.45) is 17.3 Å². The number of rotatable bonds is 1. The third-order valence-corrected chi connectivity index (χ3v) is 3.53. The lowest BCUT2D eigenvalue weighted by molar-refractivity contribution is 0.0650. The van der Waals surface area contributed by atoms with Crippen molar-refractivity contribution in [3.63, 3.8) is 0 Å². The average Bonchev–Trinajstić information content (AvgIpc) is 2.27. The molecule has 1 heteroatoms. The molecule has 0 saturated heterocycles. The van der Waals surface area contributed by atoms with Gasteiger partial charge >= 0.3 is 0 Å². The Morgan fingerprint density at radius 3 is 2.50 bits per heavy atom. The molecule has 2 aliphatic rings. The molecule has 1 aliphatic carbocycles. The molecule has 0 amide bonds. The predicted octanol–water partition coefficient (Wildman–Crippen LogP) is 2.50. The van der Waals surface area contributed by atoms with Crippen LogP contribution < -0.4 is 0 Å². The van der Waals surface area contributed by atoms with Gasteiger partial charge in [0, 0.05) is 19.0 Å². The second kappa shape index (κ2) is 2.51. The first-order valence-corrected chi connectivity index (χ1v) is 5.01. The maximum atomic E-state index is 2.42. The van der Waals surface area contributed by atoms with Gasteiger partial charge in [-0.05, 0) is 30.9 Å². The third kappa shape index (κ3) is 1.16. The average molecular weight is 165 g/mol. The molecule has 0 unspecified atom stereocenters. The van der Waals surface area contributed by atoms with E-state index in [-0.39, 0.29) is 0 Å². The van der Waals surface area contributed by atoms with Crippen molar-refractivity contribution in [3.8, 4) is 0 Å². The molecule has 1 heterocycles. The molecule has 0 bridgehead atoms. The molecule has 0 aromatic rings. The number of hydrogen-bond donors (Lipinski definition) is 0. The van der Waals surface area contributed by atoms with Crippen LogP contribution in [0.4, 0.5) is 0 Å². The van der Waals surface area contributed by atoms with E-state index < -0.39 is 0 Å². The summed E-state index contributed by atoms with van der Waals surface area (Å²) < 4.78 is 0. The zero-order chi connectivity index (χ0) is 8.77. The molecule has 0 atom stereocenters. The minimum Gasteiger partial charge on any atom is -0.380 e. The summed E-state index contributed by atoms with van der Waals surface area (Å²) in [6, 6.07) is 0. The molecule has 1 spiro atoms. The molecule has 0 radical (unpaired) electrons. The molecule has 0 aromatic heterocycles. The van der Waals surface area contributed by atoms with Crippen molar-refractivity contribution >= 4 is 0 Å². The van der Waals surface area contributed by atoms with Crippen LogP contribution in [0.2, 0.25) is 0 Å². The molecular weight excluding hydrogens is 146 g/mol. The van der Waals surface area contributed by atoms with E-state index >= 15 is 0 Å². The van der Waals surface area contributed by atoms with Gasteiger partial charge in [0.1, 0.15) is 0 Å². The summed E-state index contributed by atoms with van der Waals surface area (Å²) in [6.07, 6.45) is 7.51. The molecule has 1 nitrogen and oxygen atoms in total. The van der Waals surface area contributed by atoms with Gasteiger partial charge in [-0.15, -0.1) is 0 Å². The van der Waals surface area contributed by atoms with Crippen LogP contribution in [0.5, 0.6) is 0 Å². The van der Waals surface area contributed by atoms with Gasteiger partial charge in [-0.3, -0.25) is 0 Å². The Morgan fingerprint density at radius 2 is 2.08 bits per heavy atom. The minimum atomic E-state index is 0.587. The molecule has 0 aromatic carbocycles. The topological polar surface area (TPSA) is 3.24 Å². The van der Waals surface area contributed by atoms with Gasteiger partial charge in [-0.1, -0.05) is 19.9 Å². The van der Waals surface area contributed by atoms with Crippen LogP contribution in [-0.2, 0) is 0 Å². The molecule has 0 N–H and O–H groups in total. The Bertz CT molecular complexity index is 199. The standard InChI is InChI=1S/C11H19N/c1-9(2)10-6-11(7-10)4-5-12(3)8-11/h4-5,9-10H,6-8H2,1-3H3. The first-order valence-electron chi connectivity index (χ1n) is 5.01. The van der Waals surface area contributed by atoms with Crippen molar-refractivity contribution in [2.45, 2.75) is 26.7 Å². The van der Waals surface area contributed by atoms with E-state index in [9.17, 15) is 0 Å². The third-order valence-electron chi connectivity index (χ3n) is 3.53. The Morgan fingerprint density at radius 1 is 1.42 bits per heavy atom. The Labute approximate surface area is 75.4 Å². The van der Waals surface area contributed by atoms with Crippen molar-refractivity contribution in [1.82, 2.24) is 4.90 Å². The van der Waals surface area contributed by atoms with Crippen LogP contribution in [0.15, 0.2) is 12.3 Å². The Kier molecular flexibility index (Phi) is 1.71. The SMILES string of the molecule is CC(C)C1CC2(C=CN(C)C2)C1. The highest BCUT2D eigenvalue weighted by atomic mass is 15.1. The Balaban J connectivity index is 1.92. The fourth-order valence-corrected chi connectivity index (χ4v) is 2.61. The summed E-state index contributed by atoms with van der Waals surface area (Å²) in [6.45, 7) is 5.95. The monoisotopic (exact) mass is 165 g/mol. The van der Waals surface area contributed by atoms with E-state index in [0.29, 0.717) is 5.41 Å². The lowest BCUT2D eigenvalue weighted by Gasteiger charge is -2.46. The van der Waals surface area contributed by atoms with Crippen LogP contribution in [0.25, 0.3) is 0 Å². The van der Waals surface area contributed by atoms with Gasteiger partial charge < -0.3 is 4.90 Å². The highest BCUT2D eigenvalue weighted by Crippen LogP contribution is 2.52. The van der Waals surface area contributed by atoms with Crippen LogP contribution >= 0.6 is 0 Å². The van der Waals surface area contributed by atoms with Gasteiger partial charge in [0.05, 0.1) is 0 Å². The second-order valence-corrected chi connectivity index (χ2v) is 5.01. The fraction of sp³-hybridized carbons (Fsp3) is 0.818. The summed E-state index contributed by atoms with van der Waals surface area (Å²) in [5.74, 6) is 1.87. The normalized spacial score (nSPS) is 39.7. The first kappa shape index (κ1) is 8.15. The predicted molar refractivity (Wildman–Crippen MR) is 51.8 cm³/mol. The quantitative estimate of drug-likeness (QED) is 0.577. The smallest absolute Gasteiger partial charge is 0.0261 e. The molecule has 1 saturated carbocycles. The van der Waals surface area contributed by atoms with Crippen LogP contribution in [0.3, 0.4) is 0 Å². The first-order chi connectivity index (χ1) is 5.61. The van der Waals surface area contributed by atoms with Crippen molar-refractivity contribution < 1.29 is 0 Å². The second-order valence-electron chi connectivity index (χ2n) is 5.01. The largest absolute Gasteiger partial charge is 0.380 e. The Hall–Kier alpha value is -0.460. The van der Waals surface area contributed by atoms with E-state index in [0.717, 1.165) is 11.8 Å². The molecule has 1 aliphatic heterocycles. The van der Waals surface area contributed by atoms with Gasteiger partial charge in [-0.2, -0.15) is 0 Å². The van der Waals surface area contributed by atoms with E-state index in [1.54, 1.807) is 0 Å².